The molecule has 0 amide bonds. The Kier molecular flexibility index (Phi) is 2.20. The van der Waals surface area contributed by atoms with Gasteiger partial charge in [-0.15, -0.1) is 0 Å². The van der Waals surface area contributed by atoms with Crippen LogP contribution in [0.5, 0.6) is 0 Å². The van der Waals surface area contributed by atoms with Crippen molar-refractivity contribution in [2.24, 2.45) is 0 Å². The predicted octanol–water partition coefficient (Wildman–Crippen LogP) is 3.87. The van der Waals surface area contributed by atoms with Gasteiger partial charge in [-0.3, -0.25) is 0 Å². The lowest BCUT2D eigenvalue weighted by molar-refractivity contribution is 0.101. The highest BCUT2D eigenvalue weighted by Crippen LogP contribution is 2.53. The second-order valence-electron chi connectivity index (χ2n) is 3.89. The Labute approximate surface area is 109 Å². The number of aromatic nitrogens is 2. The van der Waals surface area contributed by atoms with E-state index in [0.29, 0.717) is 10.5 Å². The lowest BCUT2D eigenvalue weighted by Gasteiger charge is -2.03. The van der Waals surface area contributed by atoms with Crippen molar-refractivity contribution in [1.29, 1.82) is 0 Å². The molecule has 1 aromatic heterocycles. The summed E-state index contributed by atoms with van der Waals surface area (Å²) < 4.78 is 28.4. The third-order valence-corrected chi connectivity index (χ3v) is 4.27. The maximum Gasteiger partial charge on any atom is 0.270 e. The summed E-state index contributed by atoms with van der Waals surface area (Å²) in [4.78, 5) is 4.09. The van der Waals surface area contributed by atoms with Crippen LogP contribution in [0.15, 0.2) is 18.5 Å². The fourth-order valence-electron chi connectivity index (χ4n) is 1.77. The van der Waals surface area contributed by atoms with Gasteiger partial charge in [0.1, 0.15) is 6.04 Å². The largest absolute Gasteiger partial charge is 0.321 e. The third-order valence-electron chi connectivity index (χ3n) is 2.75. The summed E-state index contributed by atoms with van der Waals surface area (Å²) >= 11 is 8.02. The van der Waals surface area contributed by atoms with Crippen molar-refractivity contribution < 1.29 is 8.78 Å². The Morgan fingerprint density at radius 3 is 2.81 bits per heavy atom. The van der Waals surface area contributed by atoms with Gasteiger partial charge in [-0.2, -0.15) is 0 Å². The molecule has 0 bridgehead atoms. The SMILES string of the molecule is FC1(F)C[C@H]1n1cnc2cc(Cl)c(I)cc21. The number of hydrogen-bond acceptors (Lipinski definition) is 1. The Bertz CT molecular complexity index is 581. The van der Waals surface area contributed by atoms with Crippen molar-refractivity contribution in [2.45, 2.75) is 18.4 Å². The molecule has 1 aliphatic carbocycles. The first kappa shape index (κ1) is 10.7. The summed E-state index contributed by atoms with van der Waals surface area (Å²) in [5.74, 6) is -2.58. The first-order valence-electron chi connectivity index (χ1n) is 4.68. The highest BCUT2D eigenvalue weighted by molar-refractivity contribution is 14.1. The number of rotatable bonds is 1. The molecular weight excluding hydrogens is 348 g/mol. The molecule has 0 unspecified atom stereocenters. The van der Waals surface area contributed by atoms with Gasteiger partial charge in [-0.1, -0.05) is 11.6 Å². The van der Waals surface area contributed by atoms with Gasteiger partial charge in [-0.05, 0) is 34.7 Å². The summed E-state index contributed by atoms with van der Waals surface area (Å²) in [5, 5.41) is 0.598. The van der Waals surface area contributed by atoms with E-state index in [2.05, 4.69) is 27.6 Å². The lowest BCUT2D eigenvalue weighted by Crippen LogP contribution is -2.00. The first-order chi connectivity index (χ1) is 7.49. The van der Waals surface area contributed by atoms with Gasteiger partial charge in [0.25, 0.3) is 5.92 Å². The van der Waals surface area contributed by atoms with Crippen LogP contribution in [-0.4, -0.2) is 15.5 Å². The van der Waals surface area contributed by atoms with E-state index in [1.807, 2.05) is 0 Å². The van der Waals surface area contributed by atoms with Crippen LogP contribution in [-0.2, 0) is 0 Å². The average molecular weight is 355 g/mol. The molecule has 2 nitrogen and oxygen atoms in total. The minimum absolute atomic E-state index is 0.0995. The molecule has 1 fully saturated rings. The van der Waals surface area contributed by atoms with Gasteiger partial charge in [0, 0.05) is 9.99 Å². The molecule has 1 saturated carbocycles. The van der Waals surface area contributed by atoms with E-state index in [-0.39, 0.29) is 6.42 Å². The van der Waals surface area contributed by atoms with E-state index in [4.69, 9.17) is 11.6 Å². The lowest BCUT2D eigenvalue weighted by atomic mass is 10.3. The van der Waals surface area contributed by atoms with Crippen LogP contribution in [0.2, 0.25) is 5.02 Å². The Hall–Kier alpha value is -0.430. The van der Waals surface area contributed by atoms with E-state index >= 15 is 0 Å². The van der Waals surface area contributed by atoms with Gasteiger partial charge in [0.05, 0.1) is 22.4 Å². The quantitative estimate of drug-likeness (QED) is 0.711. The summed E-state index contributed by atoms with van der Waals surface area (Å²) in [6, 6.07) is 2.75. The molecule has 0 aliphatic heterocycles. The number of imidazole rings is 1. The van der Waals surface area contributed by atoms with Crippen molar-refractivity contribution in [3.05, 3.63) is 27.1 Å². The summed E-state index contributed by atoms with van der Waals surface area (Å²) in [5.41, 5.74) is 1.38. The van der Waals surface area contributed by atoms with Gasteiger partial charge >= 0.3 is 0 Å². The summed E-state index contributed by atoms with van der Waals surface area (Å²) in [6.45, 7) is 0. The maximum absolute atomic E-state index is 13.0. The van der Waals surface area contributed by atoms with Crippen molar-refractivity contribution in [3.63, 3.8) is 0 Å². The van der Waals surface area contributed by atoms with Crippen molar-refractivity contribution >= 4 is 45.2 Å². The van der Waals surface area contributed by atoms with Gasteiger partial charge < -0.3 is 4.57 Å². The summed E-state index contributed by atoms with van der Waals surface area (Å²) in [6.07, 6.45) is 1.36. The zero-order valence-electron chi connectivity index (χ0n) is 7.92. The summed E-state index contributed by atoms with van der Waals surface area (Å²) in [7, 11) is 0. The second-order valence-corrected chi connectivity index (χ2v) is 5.46. The average Bonchev–Trinajstić information content (AvgIpc) is 2.66. The smallest absolute Gasteiger partial charge is 0.270 e. The molecule has 0 spiro atoms. The minimum atomic E-state index is -2.58. The molecule has 84 valence electrons. The highest BCUT2D eigenvalue weighted by Gasteiger charge is 2.58. The van der Waals surface area contributed by atoms with Crippen molar-refractivity contribution in [3.8, 4) is 0 Å². The van der Waals surface area contributed by atoms with Crippen LogP contribution < -0.4 is 0 Å². The third kappa shape index (κ3) is 1.52. The molecule has 3 rings (SSSR count). The fourth-order valence-corrected chi connectivity index (χ4v) is 2.38. The molecule has 1 aliphatic rings. The van der Waals surface area contributed by atoms with Crippen LogP contribution in [0.25, 0.3) is 11.0 Å². The molecule has 1 heterocycles. The molecule has 1 atom stereocenters. The van der Waals surface area contributed by atoms with Crippen molar-refractivity contribution in [1.82, 2.24) is 9.55 Å². The number of halogens is 4. The van der Waals surface area contributed by atoms with E-state index in [1.165, 1.54) is 10.9 Å². The van der Waals surface area contributed by atoms with Gasteiger partial charge in [0.2, 0.25) is 0 Å². The Morgan fingerprint density at radius 1 is 1.50 bits per heavy atom. The molecule has 0 N–H and O–H groups in total. The first-order valence-corrected chi connectivity index (χ1v) is 6.14. The number of hydrogen-bond donors (Lipinski definition) is 0. The molecule has 2 aromatic rings. The molecule has 16 heavy (non-hydrogen) atoms. The number of nitrogens with zero attached hydrogens (tertiary/aromatic N) is 2. The molecule has 6 heteroatoms. The zero-order valence-corrected chi connectivity index (χ0v) is 10.8. The molecule has 0 radical (unpaired) electrons. The predicted molar refractivity (Wildman–Crippen MR) is 66.1 cm³/mol. The van der Waals surface area contributed by atoms with E-state index in [0.717, 1.165) is 9.09 Å². The Morgan fingerprint density at radius 2 is 2.19 bits per heavy atom. The van der Waals surface area contributed by atoms with Crippen LogP contribution in [0.1, 0.15) is 12.5 Å². The van der Waals surface area contributed by atoms with E-state index in [9.17, 15) is 8.78 Å². The zero-order chi connectivity index (χ0) is 11.5. The minimum Gasteiger partial charge on any atom is -0.321 e. The maximum atomic E-state index is 13.0. The fraction of sp³-hybridized carbons (Fsp3) is 0.300. The van der Waals surface area contributed by atoms with E-state index < -0.39 is 12.0 Å². The number of alkyl halides is 2. The van der Waals surface area contributed by atoms with Crippen LogP contribution in [0, 0.1) is 3.57 Å². The second kappa shape index (κ2) is 3.29. The monoisotopic (exact) mass is 354 g/mol. The topological polar surface area (TPSA) is 17.8 Å². The van der Waals surface area contributed by atoms with Gasteiger partial charge in [0.15, 0.2) is 0 Å². The normalized spacial score (nSPS) is 22.6. The standard InChI is InChI=1S/C10H6ClF2IN2/c11-5-1-7-8(2-6(5)14)16(4-15-7)9-3-10(9,12)13/h1-2,4,9H,3H2/t9-/m1/s1. The van der Waals surface area contributed by atoms with Crippen LogP contribution in [0.3, 0.4) is 0 Å². The van der Waals surface area contributed by atoms with Crippen molar-refractivity contribution in [2.75, 3.05) is 0 Å². The Balaban J connectivity index is 2.17. The molecule has 0 saturated heterocycles. The van der Waals surface area contributed by atoms with Gasteiger partial charge in [-0.25, -0.2) is 13.8 Å². The van der Waals surface area contributed by atoms with Crippen LogP contribution in [0.4, 0.5) is 8.78 Å². The number of benzene rings is 1. The molecular formula is C10H6ClF2IN2. The van der Waals surface area contributed by atoms with E-state index in [1.54, 1.807) is 12.1 Å². The highest BCUT2D eigenvalue weighted by atomic mass is 127. The molecule has 1 aromatic carbocycles. The van der Waals surface area contributed by atoms with Crippen LogP contribution >= 0.6 is 34.2 Å². The number of fused-ring (bicyclic) bond motifs is 1.